The van der Waals surface area contributed by atoms with Crippen molar-refractivity contribution in [1.29, 1.82) is 0 Å². The number of fused-ring (bicyclic) bond motifs is 1. The molecule has 0 bridgehead atoms. The fourth-order valence-corrected chi connectivity index (χ4v) is 2.97. The van der Waals surface area contributed by atoms with Gasteiger partial charge in [-0.2, -0.15) is 0 Å². The molecule has 2 fully saturated rings. The van der Waals surface area contributed by atoms with E-state index in [4.69, 9.17) is 10.2 Å². The van der Waals surface area contributed by atoms with Gasteiger partial charge in [0.1, 0.15) is 6.04 Å². The number of aliphatic carboxylic acids is 1. The van der Waals surface area contributed by atoms with Crippen molar-refractivity contribution in [2.24, 2.45) is 0 Å². The van der Waals surface area contributed by atoms with Crippen molar-refractivity contribution >= 4 is 12.0 Å². The molecule has 7 heteroatoms. The molecule has 7 nitrogen and oxygen atoms in total. The summed E-state index contributed by atoms with van der Waals surface area (Å²) in [5.41, 5.74) is 0. The zero-order valence-electron chi connectivity index (χ0n) is 11.6. The van der Waals surface area contributed by atoms with Gasteiger partial charge in [-0.1, -0.05) is 6.42 Å². The third-order valence-corrected chi connectivity index (χ3v) is 4.14. The minimum absolute atomic E-state index is 0.0322. The summed E-state index contributed by atoms with van der Waals surface area (Å²) in [7, 11) is 0. The Labute approximate surface area is 118 Å². The largest absolute Gasteiger partial charge is 0.480 e. The molecule has 114 valence electrons. The molecule has 0 radical (unpaired) electrons. The molecule has 2 heterocycles. The lowest BCUT2D eigenvalue weighted by molar-refractivity contribution is -0.139. The summed E-state index contributed by atoms with van der Waals surface area (Å²) in [5.74, 6) is -1.11. The van der Waals surface area contributed by atoms with Gasteiger partial charge in [0.05, 0.1) is 0 Å². The first-order valence-electron chi connectivity index (χ1n) is 7.25. The molecule has 0 aromatic carbocycles. The molecule has 2 aliphatic rings. The Bertz CT molecular complexity index is 364. The Morgan fingerprint density at radius 3 is 2.75 bits per heavy atom. The number of carboxylic acid groups (broad SMARTS) is 1. The van der Waals surface area contributed by atoms with E-state index in [1.54, 1.807) is 4.90 Å². The Kier molecular flexibility index (Phi) is 5.19. The zero-order valence-corrected chi connectivity index (χ0v) is 11.6. The number of piperazine rings is 1. The highest BCUT2D eigenvalue weighted by Gasteiger charge is 2.32. The third-order valence-electron chi connectivity index (χ3n) is 4.14. The fraction of sp³-hybridized carbons (Fsp3) is 0.846. The van der Waals surface area contributed by atoms with Crippen molar-refractivity contribution < 1.29 is 19.8 Å². The molecular formula is C13H23N3O4. The van der Waals surface area contributed by atoms with E-state index in [0.29, 0.717) is 19.1 Å². The van der Waals surface area contributed by atoms with Gasteiger partial charge in [0.15, 0.2) is 0 Å². The van der Waals surface area contributed by atoms with Crippen LogP contribution in [0.4, 0.5) is 4.79 Å². The van der Waals surface area contributed by atoms with Crippen molar-refractivity contribution in [3.63, 3.8) is 0 Å². The van der Waals surface area contributed by atoms with Crippen LogP contribution in [0, 0.1) is 0 Å². The van der Waals surface area contributed by atoms with Crippen LogP contribution in [0.15, 0.2) is 0 Å². The summed E-state index contributed by atoms with van der Waals surface area (Å²) in [6.45, 7) is 3.00. The first-order valence-corrected chi connectivity index (χ1v) is 7.25. The number of piperidine rings is 1. The van der Waals surface area contributed by atoms with Crippen molar-refractivity contribution in [2.45, 2.75) is 37.8 Å². The second-order valence-electron chi connectivity index (χ2n) is 5.48. The van der Waals surface area contributed by atoms with Crippen molar-refractivity contribution in [2.75, 3.05) is 32.8 Å². The zero-order chi connectivity index (χ0) is 14.5. The van der Waals surface area contributed by atoms with Crippen LogP contribution in [0.3, 0.4) is 0 Å². The lowest BCUT2D eigenvalue weighted by Crippen LogP contribution is -2.59. The number of urea groups is 1. The van der Waals surface area contributed by atoms with Gasteiger partial charge in [0, 0.05) is 38.7 Å². The monoisotopic (exact) mass is 285 g/mol. The number of carboxylic acids is 1. The average Bonchev–Trinajstić information content (AvgIpc) is 2.46. The quantitative estimate of drug-likeness (QED) is 0.659. The van der Waals surface area contributed by atoms with Crippen LogP contribution in [0.5, 0.6) is 0 Å². The molecule has 2 rings (SSSR count). The molecule has 0 aliphatic carbocycles. The van der Waals surface area contributed by atoms with Crippen LogP contribution in [0.25, 0.3) is 0 Å². The molecule has 20 heavy (non-hydrogen) atoms. The summed E-state index contributed by atoms with van der Waals surface area (Å²) in [4.78, 5) is 27.2. The Morgan fingerprint density at radius 2 is 2.05 bits per heavy atom. The Morgan fingerprint density at radius 1 is 1.25 bits per heavy atom. The standard InChI is InChI=1S/C13H23N3O4/c17-8-4-11(12(18)19)14-13(20)16-7-6-15-5-2-1-3-10(15)9-16/h10-11,17H,1-9H2,(H,14,20)(H,18,19). The van der Waals surface area contributed by atoms with Crippen LogP contribution < -0.4 is 5.32 Å². The number of amides is 2. The summed E-state index contributed by atoms with van der Waals surface area (Å²) >= 11 is 0. The highest BCUT2D eigenvalue weighted by Crippen LogP contribution is 2.21. The Balaban J connectivity index is 1.87. The number of hydrogen-bond acceptors (Lipinski definition) is 4. The van der Waals surface area contributed by atoms with E-state index in [1.165, 1.54) is 12.8 Å². The number of rotatable bonds is 4. The van der Waals surface area contributed by atoms with E-state index in [1.807, 2.05) is 0 Å². The van der Waals surface area contributed by atoms with Gasteiger partial charge in [-0.15, -0.1) is 0 Å². The second-order valence-corrected chi connectivity index (χ2v) is 5.48. The number of hydrogen-bond donors (Lipinski definition) is 3. The van der Waals surface area contributed by atoms with Crippen molar-refractivity contribution in [3.8, 4) is 0 Å². The van der Waals surface area contributed by atoms with Gasteiger partial charge in [-0.25, -0.2) is 9.59 Å². The lowest BCUT2D eigenvalue weighted by atomic mass is 10.00. The van der Waals surface area contributed by atoms with Gasteiger partial charge in [-0.05, 0) is 19.4 Å². The molecule has 3 N–H and O–H groups in total. The second kappa shape index (κ2) is 6.90. The summed E-state index contributed by atoms with van der Waals surface area (Å²) in [6, 6.07) is -0.947. The SMILES string of the molecule is O=C(O)C(CCO)NC(=O)N1CCN2CCCCC2C1. The first-order chi connectivity index (χ1) is 9.61. The molecule has 0 aromatic heterocycles. The van der Waals surface area contributed by atoms with Crippen LogP contribution >= 0.6 is 0 Å². The van der Waals surface area contributed by atoms with Gasteiger partial charge in [0.2, 0.25) is 0 Å². The number of carbonyl (C=O) groups is 2. The molecule has 2 unspecified atom stereocenters. The highest BCUT2D eigenvalue weighted by atomic mass is 16.4. The molecule has 0 aromatic rings. The number of aliphatic hydroxyl groups excluding tert-OH is 1. The number of aliphatic hydroxyl groups is 1. The predicted octanol–water partition coefficient (Wildman–Crippen LogP) is -0.298. The number of nitrogens with zero attached hydrogens (tertiary/aromatic N) is 2. The van der Waals surface area contributed by atoms with E-state index in [2.05, 4.69) is 10.2 Å². The normalized spacial score (nSPS) is 24.9. The van der Waals surface area contributed by atoms with E-state index >= 15 is 0 Å². The Hall–Kier alpha value is -1.34. The maximum absolute atomic E-state index is 12.1. The van der Waals surface area contributed by atoms with Crippen molar-refractivity contribution in [1.82, 2.24) is 15.1 Å². The van der Waals surface area contributed by atoms with Gasteiger partial charge in [-0.3, -0.25) is 4.90 Å². The fourth-order valence-electron chi connectivity index (χ4n) is 2.97. The van der Waals surface area contributed by atoms with E-state index in [-0.39, 0.29) is 19.1 Å². The average molecular weight is 285 g/mol. The van der Waals surface area contributed by atoms with Crippen LogP contribution in [-0.4, -0.2) is 76.9 Å². The summed E-state index contributed by atoms with van der Waals surface area (Å²) < 4.78 is 0. The van der Waals surface area contributed by atoms with E-state index in [0.717, 1.165) is 19.5 Å². The maximum Gasteiger partial charge on any atom is 0.326 e. The van der Waals surface area contributed by atoms with E-state index < -0.39 is 12.0 Å². The van der Waals surface area contributed by atoms with E-state index in [9.17, 15) is 9.59 Å². The molecule has 2 amide bonds. The van der Waals surface area contributed by atoms with Gasteiger partial charge < -0.3 is 20.4 Å². The van der Waals surface area contributed by atoms with Crippen molar-refractivity contribution in [3.05, 3.63) is 0 Å². The molecule has 2 aliphatic heterocycles. The minimum atomic E-state index is -1.11. The number of carbonyl (C=O) groups excluding carboxylic acids is 1. The summed E-state index contributed by atoms with van der Waals surface area (Å²) in [5, 5.41) is 20.3. The first kappa shape index (κ1) is 15.1. The van der Waals surface area contributed by atoms with Crippen LogP contribution in [0.1, 0.15) is 25.7 Å². The predicted molar refractivity (Wildman–Crippen MR) is 72.4 cm³/mol. The lowest BCUT2D eigenvalue weighted by Gasteiger charge is -2.44. The molecule has 2 saturated heterocycles. The summed E-state index contributed by atoms with van der Waals surface area (Å²) in [6.07, 6.45) is 3.55. The topological polar surface area (TPSA) is 93.1 Å². The van der Waals surface area contributed by atoms with Gasteiger partial charge >= 0.3 is 12.0 Å². The third kappa shape index (κ3) is 3.61. The minimum Gasteiger partial charge on any atom is -0.480 e. The van der Waals surface area contributed by atoms with Crippen LogP contribution in [-0.2, 0) is 4.79 Å². The molecular weight excluding hydrogens is 262 g/mol. The molecule has 0 saturated carbocycles. The maximum atomic E-state index is 12.1. The number of nitrogens with one attached hydrogen (secondary N) is 1. The molecule has 2 atom stereocenters. The van der Waals surface area contributed by atoms with Gasteiger partial charge in [0.25, 0.3) is 0 Å². The van der Waals surface area contributed by atoms with Crippen LogP contribution in [0.2, 0.25) is 0 Å². The smallest absolute Gasteiger partial charge is 0.326 e. The molecule has 0 spiro atoms. The highest BCUT2D eigenvalue weighted by molar-refractivity contribution is 5.82.